The Hall–Kier alpha value is -3.67. The van der Waals surface area contributed by atoms with Crippen LogP contribution in [0.4, 0.5) is 10.1 Å². The molecule has 0 saturated heterocycles. The first-order valence-electron chi connectivity index (χ1n) is 11.2. The molecule has 1 heterocycles. The summed E-state index contributed by atoms with van der Waals surface area (Å²) in [5.74, 6) is -0.208. The molecular weight excluding hydrogens is 417 g/mol. The van der Waals surface area contributed by atoms with Crippen molar-refractivity contribution >= 4 is 17.5 Å². The Kier molecular flexibility index (Phi) is 6.45. The fourth-order valence-corrected chi connectivity index (χ4v) is 3.84. The number of rotatable bonds is 7. The number of hydrogen-bond donors (Lipinski definition) is 2. The average Bonchev–Trinajstić information content (AvgIpc) is 3.06. The normalized spacial score (nSPS) is 16.0. The van der Waals surface area contributed by atoms with Gasteiger partial charge in [0.05, 0.1) is 0 Å². The molecule has 170 valence electrons. The van der Waals surface area contributed by atoms with Gasteiger partial charge in [0.25, 0.3) is 11.8 Å². The van der Waals surface area contributed by atoms with Crippen LogP contribution in [0.3, 0.4) is 0 Å². The quantitative estimate of drug-likeness (QED) is 0.514. The minimum Gasteiger partial charge on any atom is -0.361 e. The average molecular weight is 446 g/mol. The summed E-state index contributed by atoms with van der Waals surface area (Å²) in [5, 5.41) is 6.45. The van der Waals surface area contributed by atoms with Crippen LogP contribution in [-0.4, -0.2) is 22.8 Å². The molecule has 5 nitrogen and oxygen atoms in total. The first kappa shape index (κ1) is 22.5. The van der Waals surface area contributed by atoms with Crippen LogP contribution in [0.25, 0.3) is 0 Å². The van der Waals surface area contributed by atoms with Crippen molar-refractivity contribution in [2.24, 2.45) is 5.92 Å². The van der Waals surface area contributed by atoms with Gasteiger partial charge >= 0.3 is 0 Å². The minimum atomic E-state index is -0.411. The number of hydrogen-bond acceptors (Lipinski definition) is 3. The standard InChI is InChI=1S/C27H28FN3O2/c1-17(2)18(3)29-26(32)20-7-6-8-22(15-20)30-25-23-9-4-5-10-24(23)27(33)31(25)16-19-11-13-21(28)14-12-19/h4-15,17-18,25,30H,16H2,1-3H3,(H,29,32). The number of carbonyl (C=O) groups excluding carboxylic acids is 2. The van der Waals surface area contributed by atoms with Gasteiger partial charge in [-0.2, -0.15) is 0 Å². The Labute approximate surface area is 193 Å². The molecule has 2 amide bonds. The van der Waals surface area contributed by atoms with Crippen molar-refractivity contribution < 1.29 is 14.0 Å². The molecule has 33 heavy (non-hydrogen) atoms. The van der Waals surface area contributed by atoms with Crippen LogP contribution in [0, 0.1) is 11.7 Å². The molecule has 2 unspecified atom stereocenters. The fraction of sp³-hybridized carbons (Fsp3) is 0.259. The van der Waals surface area contributed by atoms with E-state index >= 15 is 0 Å². The Morgan fingerprint density at radius 3 is 2.45 bits per heavy atom. The van der Waals surface area contributed by atoms with Gasteiger partial charge in [-0.25, -0.2) is 4.39 Å². The first-order valence-corrected chi connectivity index (χ1v) is 11.2. The van der Waals surface area contributed by atoms with Crippen LogP contribution in [-0.2, 0) is 6.54 Å². The number of carbonyl (C=O) groups is 2. The van der Waals surface area contributed by atoms with E-state index in [1.54, 1.807) is 29.2 Å². The predicted molar refractivity (Wildman–Crippen MR) is 127 cm³/mol. The number of nitrogens with zero attached hydrogens (tertiary/aromatic N) is 1. The lowest BCUT2D eigenvalue weighted by Crippen LogP contribution is -2.36. The number of fused-ring (bicyclic) bond motifs is 1. The maximum atomic E-state index is 13.4. The molecule has 4 rings (SSSR count). The van der Waals surface area contributed by atoms with Crippen molar-refractivity contribution in [2.45, 2.75) is 39.5 Å². The zero-order valence-electron chi connectivity index (χ0n) is 19.0. The van der Waals surface area contributed by atoms with E-state index in [4.69, 9.17) is 0 Å². The topological polar surface area (TPSA) is 61.4 Å². The molecule has 0 saturated carbocycles. The summed E-state index contributed by atoms with van der Waals surface area (Å²) in [6.07, 6.45) is -0.411. The van der Waals surface area contributed by atoms with E-state index in [1.807, 2.05) is 43.3 Å². The van der Waals surface area contributed by atoms with E-state index in [9.17, 15) is 14.0 Å². The molecule has 2 atom stereocenters. The van der Waals surface area contributed by atoms with Gasteiger partial charge < -0.3 is 15.5 Å². The van der Waals surface area contributed by atoms with E-state index < -0.39 is 6.17 Å². The number of anilines is 1. The lowest BCUT2D eigenvalue weighted by molar-refractivity contribution is 0.0728. The Bertz CT molecular complexity index is 1160. The van der Waals surface area contributed by atoms with Crippen LogP contribution in [0.5, 0.6) is 0 Å². The largest absolute Gasteiger partial charge is 0.361 e. The van der Waals surface area contributed by atoms with Crippen molar-refractivity contribution in [3.63, 3.8) is 0 Å². The molecule has 2 N–H and O–H groups in total. The number of halogens is 1. The van der Waals surface area contributed by atoms with Crippen molar-refractivity contribution in [3.8, 4) is 0 Å². The molecule has 0 aromatic heterocycles. The zero-order chi connectivity index (χ0) is 23.5. The molecule has 0 spiro atoms. The molecule has 0 bridgehead atoms. The highest BCUT2D eigenvalue weighted by Gasteiger charge is 2.36. The summed E-state index contributed by atoms with van der Waals surface area (Å²) in [4.78, 5) is 27.6. The van der Waals surface area contributed by atoms with Gasteiger partial charge in [0, 0.05) is 35.0 Å². The summed E-state index contributed by atoms with van der Waals surface area (Å²) < 4.78 is 13.4. The van der Waals surface area contributed by atoms with Crippen molar-refractivity contribution in [2.75, 3.05) is 5.32 Å². The molecule has 0 radical (unpaired) electrons. The molecule has 0 fully saturated rings. The van der Waals surface area contributed by atoms with E-state index in [-0.39, 0.29) is 23.7 Å². The lowest BCUT2D eigenvalue weighted by Gasteiger charge is -2.27. The smallest absolute Gasteiger partial charge is 0.256 e. The second-order valence-corrected chi connectivity index (χ2v) is 8.78. The van der Waals surface area contributed by atoms with Gasteiger partial charge in [0.15, 0.2) is 0 Å². The maximum absolute atomic E-state index is 13.4. The van der Waals surface area contributed by atoms with Gasteiger partial charge in [0.2, 0.25) is 0 Å². The number of amides is 2. The summed E-state index contributed by atoms with van der Waals surface area (Å²) >= 11 is 0. The number of nitrogens with one attached hydrogen (secondary N) is 2. The SMILES string of the molecule is CC(C)C(C)NC(=O)c1cccc(NC2c3ccccc3C(=O)N2Cc2ccc(F)cc2)c1. The Morgan fingerprint density at radius 2 is 1.73 bits per heavy atom. The molecule has 3 aromatic rings. The van der Waals surface area contributed by atoms with Crippen LogP contribution in [0.2, 0.25) is 0 Å². The highest BCUT2D eigenvalue weighted by atomic mass is 19.1. The predicted octanol–water partition coefficient (Wildman–Crippen LogP) is 5.37. The molecule has 6 heteroatoms. The van der Waals surface area contributed by atoms with Crippen LogP contribution < -0.4 is 10.6 Å². The Balaban J connectivity index is 1.60. The highest BCUT2D eigenvalue weighted by molar-refractivity contribution is 5.99. The third-order valence-electron chi connectivity index (χ3n) is 6.11. The second kappa shape index (κ2) is 9.45. The van der Waals surface area contributed by atoms with Crippen molar-refractivity contribution in [1.82, 2.24) is 10.2 Å². The van der Waals surface area contributed by atoms with Crippen molar-refractivity contribution in [1.29, 1.82) is 0 Å². The number of benzene rings is 3. The monoisotopic (exact) mass is 445 g/mol. The van der Waals surface area contributed by atoms with Gasteiger partial charge in [-0.05, 0) is 54.8 Å². The van der Waals surface area contributed by atoms with Gasteiger partial charge in [-0.3, -0.25) is 9.59 Å². The van der Waals surface area contributed by atoms with Gasteiger partial charge in [-0.15, -0.1) is 0 Å². The second-order valence-electron chi connectivity index (χ2n) is 8.78. The molecule has 1 aliphatic rings. The lowest BCUT2D eigenvalue weighted by atomic mass is 10.1. The maximum Gasteiger partial charge on any atom is 0.256 e. The molecule has 0 aliphatic carbocycles. The van der Waals surface area contributed by atoms with E-state index in [2.05, 4.69) is 24.5 Å². The van der Waals surface area contributed by atoms with E-state index in [0.717, 1.165) is 16.8 Å². The summed E-state index contributed by atoms with van der Waals surface area (Å²) in [6, 6.07) is 21.0. The summed E-state index contributed by atoms with van der Waals surface area (Å²) in [6.45, 7) is 6.44. The third-order valence-corrected chi connectivity index (χ3v) is 6.11. The highest BCUT2D eigenvalue weighted by Crippen LogP contribution is 2.35. The van der Waals surface area contributed by atoms with Crippen LogP contribution >= 0.6 is 0 Å². The zero-order valence-corrected chi connectivity index (χ0v) is 19.0. The summed E-state index contributed by atoms with van der Waals surface area (Å²) in [5.41, 5.74) is 3.62. The van der Waals surface area contributed by atoms with Crippen LogP contribution in [0.1, 0.15) is 58.8 Å². The van der Waals surface area contributed by atoms with Gasteiger partial charge in [0.1, 0.15) is 12.0 Å². The van der Waals surface area contributed by atoms with E-state index in [1.165, 1.54) is 12.1 Å². The third kappa shape index (κ3) is 4.90. The fourth-order valence-electron chi connectivity index (χ4n) is 3.84. The molecule has 1 aliphatic heterocycles. The van der Waals surface area contributed by atoms with Crippen LogP contribution in [0.15, 0.2) is 72.8 Å². The molecule has 3 aromatic carbocycles. The van der Waals surface area contributed by atoms with Crippen molar-refractivity contribution in [3.05, 3.63) is 101 Å². The molecular formula is C27H28FN3O2. The first-order chi connectivity index (χ1) is 15.8. The van der Waals surface area contributed by atoms with Gasteiger partial charge in [-0.1, -0.05) is 50.2 Å². The Morgan fingerprint density at radius 1 is 1.00 bits per heavy atom. The minimum absolute atomic E-state index is 0.0552. The van der Waals surface area contributed by atoms with E-state index in [0.29, 0.717) is 23.6 Å². The summed E-state index contributed by atoms with van der Waals surface area (Å²) in [7, 11) is 0.